The molecule has 2 heterocycles. The molecule has 0 atom stereocenters. The predicted molar refractivity (Wildman–Crippen MR) is 56.8 cm³/mol. The minimum Gasteiger partial charge on any atom is -0.239 e. The number of pyridine rings is 1. The second-order valence-corrected chi connectivity index (χ2v) is 4.74. The van der Waals surface area contributed by atoms with Gasteiger partial charge in [0, 0.05) is 11.6 Å². The first kappa shape index (κ1) is 8.30. The average Bonchev–Trinajstić information content (AvgIpc) is 2.77. The molecule has 0 saturated heterocycles. The molecule has 1 aliphatic carbocycles. The number of rotatable bonds is 1. The van der Waals surface area contributed by atoms with Crippen molar-refractivity contribution < 1.29 is 0 Å². The third-order valence-electron chi connectivity index (χ3n) is 3.04. The van der Waals surface area contributed by atoms with Gasteiger partial charge in [-0.3, -0.25) is 0 Å². The highest BCUT2D eigenvalue weighted by Gasteiger charge is 2.41. The lowest BCUT2D eigenvalue weighted by Gasteiger charge is -2.00. The van der Waals surface area contributed by atoms with Crippen molar-refractivity contribution in [3.8, 4) is 0 Å². The molecule has 2 aromatic heterocycles. The SMILES string of the molecule is CC1(c2cc3ccc(Cl)cn3n2)CC1. The second kappa shape index (κ2) is 2.51. The fraction of sp³-hybridized carbons (Fsp3) is 0.364. The molecule has 14 heavy (non-hydrogen) atoms. The fourth-order valence-corrected chi connectivity index (χ4v) is 1.86. The summed E-state index contributed by atoms with van der Waals surface area (Å²) in [6.07, 6.45) is 4.36. The van der Waals surface area contributed by atoms with Crippen molar-refractivity contribution >= 4 is 17.1 Å². The zero-order valence-electron chi connectivity index (χ0n) is 8.00. The third-order valence-corrected chi connectivity index (χ3v) is 3.27. The number of fused-ring (bicyclic) bond motifs is 1. The minimum atomic E-state index is 0.332. The molecule has 0 N–H and O–H groups in total. The molecular formula is C11H11ClN2. The van der Waals surface area contributed by atoms with E-state index in [-0.39, 0.29) is 0 Å². The molecule has 0 spiro atoms. The Hall–Kier alpha value is -1.02. The van der Waals surface area contributed by atoms with Crippen molar-refractivity contribution in [1.29, 1.82) is 0 Å². The van der Waals surface area contributed by atoms with Crippen molar-refractivity contribution in [3.05, 3.63) is 35.1 Å². The lowest BCUT2D eigenvalue weighted by molar-refractivity contribution is 0.728. The summed E-state index contributed by atoms with van der Waals surface area (Å²) in [4.78, 5) is 0. The van der Waals surface area contributed by atoms with Gasteiger partial charge < -0.3 is 0 Å². The van der Waals surface area contributed by atoms with E-state index in [1.54, 1.807) is 0 Å². The van der Waals surface area contributed by atoms with Gasteiger partial charge in [0.05, 0.1) is 16.2 Å². The maximum Gasteiger partial charge on any atom is 0.0694 e. The van der Waals surface area contributed by atoms with Gasteiger partial charge in [-0.1, -0.05) is 18.5 Å². The maximum atomic E-state index is 5.90. The third kappa shape index (κ3) is 1.14. The van der Waals surface area contributed by atoms with Gasteiger partial charge in [0.2, 0.25) is 0 Å². The van der Waals surface area contributed by atoms with E-state index in [1.807, 2.05) is 22.8 Å². The first-order valence-electron chi connectivity index (χ1n) is 4.83. The van der Waals surface area contributed by atoms with Crippen LogP contribution >= 0.6 is 11.6 Å². The average molecular weight is 207 g/mol. The van der Waals surface area contributed by atoms with E-state index in [0.29, 0.717) is 5.41 Å². The molecule has 0 bridgehead atoms. The summed E-state index contributed by atoms with van der Waals surface area (Å²) >= 11 is 5.90. The molecule has 0 radical (unpaired) electrons. The molecule has 3 rings (SSSR count). The molecule has 0 aliphatic heterocycles. The maximum absolute atomic E-state index is 5.90. The number of nitrogens with zero attached hydrogens (tertiary/aromatic N) is 2. The zero-order valence-corrected chi connectivity index (χ0v) is 8.75. The van der Waals surface area contributed by atoms with E-state index in [1.165, 1.54) is 18.5 Å². The number of hydrogen-bond acceptors (Lipinski definition) is 1. The molecular weight excluding hydrogens is 196 g/mol. The van der Waals surface area contributed by atoms with Crippen LogP contribution in [0.3, 0.4) is 0 Å². The highest BCUT2D eigenvalue weighted by atomic mass is 35.5. The first-order chi connectivity index (χ1) is 6.67. The number of aromatic nitrogens is 2. The van der Waals surface area contributed by atoms with E-state index in [4.69, 9.17) is 11.6 Å². The Bertz CT molecular complexity index is 497. The zero-order chi connectivity index (χ0) is 9.76. The van der Waals surface area contributed by atoms with E-state index in [0.717, 1.165) is 10.5 Å². The Morgan fingerprint density at radius 2 is 2.21 bits per heavy atom. The summed E-state index contributed by atoms with van der Waals surface area (Å²) < 4.78 is 1.86. The van der Waals surface area contributed by atoms with Crippen LogP contribution < -0.4 is 0 Å². The van der Waals surface area contributed by atoms with Crippen LogP contribution in [0.5, 0.6) is 0 Å². The molecule has 0 aromatic carbocycles. The smallest absolute Gasteiger partial charge is 0.0694 e. The van der Waals surface area contributed by atoms with Gasteiger partial charge in [0.25, 0.3) is 0 Å². The molecule has 1 fully saturated rings. The Kier molecular flexibility index (Phi) is 1.49. The van der Waals surface area contributed by atoms with Gasteiger partial charge in [0.15, 0.2) is 0 Å². The topological polar surface area (TPSA) is 17.3 Å². The van der Waals surface area contributed by atoms with Crippen molar-refractivity contribution in [2.24, 2.45) is 0 Å². The lowest BCUT2D eigenvalue weighted by atomic mass is 10.1. The van der Waals surface area contributed by atoms with E-state index < -0.39 is 0 Å². The largest absolute Gasteiger partial charge is 0.239 e. The van der Waals surface area contributed by atoms with E-state index >= 15 is 0 Å². The van der Waals surface area contributed by atoms with Crippen molar-refractivity contribution in [3.63, 3.8) is 0 Å². The van der Waals surface area contributed by atoms with Gasteiger partial charge in [-0.2, -0.15) is 5.10 Å². The molecule has 1 saturated carbocycles. The van der Waals surface area contributed by atoms with E-state index in [2.05, 4.69) is 18.1 Å². The normalized spacial score (nSPS) is 18.7. The Morgan fingerprint density at radius 3 is 2.93 bits per heavy atom. The van der Waals surface area contributed by atoms with Gasteiger partial charge in [0.1, 0.15) is 0 Å². The summed E-state index contributed by atoms with van der Waals surface area (Å²) in [6.45, 7) is 2.26. The standard InChI is InChI=1S/C11H11ClN2/c1-11(4-5-11)10-6-9-3-2-8(12)7-14(9)13-10/h2-3,6-7H,4-5H2,1H3. The lowest BCUT2D eigenvalue weighted by Crippen LogP contribution is -2.00. The molecule has 0 amide bonds. The van der Waals surface area contributed by atoms with Gasteiger partial charge in [-0.05, 0) is 31.0 Å². The summed E-state index contributed by atoms with van der Waals surface area (Å²) in [6, 6.07) is 6.06. The molecule has 1 aliphatic rings. The highest BCUT2D eigenvalue weighted by Crippen LogP contribution is 2.47. The number of halogens is 1. The summed E-state index contributed by atoms with van der Waals surface area (Å²) in [5.41, 5.74) is 2.65. The van der Waals surface area contributed by atoms with Crippen LogP contribution in [0.1, 0.15) is 25.5 Å². The molecule has 2 nitrogen and oxygen atoms in total. The van der Waals surface area contributed by atoms with Crippen LogP contribution in [-0.4, -0.2) is 9.61 Å². The first-order valence-corrected chi connectivity index (χ1v) is 5.21. The van der Waals surface area contributed by atoms with Crippen molar-refractivity contribution in [2.45, 2.75) is 25.2 Å². The van der Waals surface area contributed by atoms with Crippen LogP contribution in [0.4, 0.5) is 0 Å². The number of hydrogen-bond donors (Lipinski definition) is 0. The summed E-state index contributed by atoms with van der Waals surface area (Å²) in [5, 5.41) is 5.27. The minimum absolute atomic E-state index is 0.332. The van der Waals surface area contributed by atoms with Crippen LogP contribution in [0.25, 0.3) is 5.52 Å². The molecule has 2 aromatic rings. The monoisotopic (exact) mass is 206 g/mol. The van der Waals surface area contributed by atoms with Crippen LogP contribution in [0.2, 0.25) is 5.02 Å². The summed E-state index contributed by atoms with van der Waals surface area (Å²) in [5.74, 6) is 0. The second-order valence-electron chi connectivity index (χ2n) is 4.31. The van der Waals surface area contributed by atoms with Gasteiger partial charge in [-0.15, -0.1) is 0 Å². The Morgan fingerprint density at radius 1 is 1.43 bits per heavy atom. The van der Waals surface area contributed by atoms with Gasteiger partial charge >= 0.3 is 0 Å². The molecule has 0 unspecified atom stereocenters. The highest BCUT2D eigenvalue weighted by molar-refractivity contribution is 6.30. The van der Waals surface area contributed by atoms with Crippen LogP contribution in [0, 0.1) is 0 Å². The fourth-order valence-electron chi connectivity index (χ4n) is 1.70. The van der Waals surface area contributed by atoms with Crippen molar-refractivity contribution in [1.82, 2.24) is 9.61 Å². The Balaban J connectivity index is 2.20. The van der Waals surface area contributed by atoms with Gasteiger partial charge in [-0.25, -0.2) is 4.52 Å². The van der Waals surface area contributed by atoms with Crippen LogP contribution in [0.15, 0.2) is 24.4 Å². The van der Waals surface area contributed by atoms with Crippen molar-refractivity contribution in [2.75, 3.05) is 0 Å². The van der Waals surface area contributed by atoms with E-state index in [9.17, 15) is 0 Å². The quantitative estimate of drug-likeness (QED) is 0.701. The van der Waals surface area contributed by atoms with Crippen LogP contribution in [-0.2, 0) is 5.41 Å². The molecule has 72 valence electrons. The Labute approximate surface area is 87.5 Å². The molecule has 3 heteroatoms. The summed E-state index contributed by atoms with van der Waals surface area (Å²) in [7, 11) is 0. The predicted octanol–water partition coefficient (Wildman–Crippen LogP) is 3.04.